The van der Waals surface area contributed by atoms with E-state index in [1.807, 2.05) is 4.90 Å². The number of nitrogens with one attached hydrogen (secondary N) is 2. The molecule has 31 heavy (non-hydrogen) atoms. The number of carbonyl (C=O) groups is 2. The fourth-order valence-corrected chi connectivity index (χ4v) is 4.41. The Labute approximate surface area is 181 Å². The van der Waals surface area contributed by atoms with Crippen molar-refractivity contribution in [2.45, 2.75) is 27.2 Å². The zero-order valence-corrected chi connectivity index (χ0v) is 18.1. The standard InChI is InChI=1S/C23H28FN5O2/c1-4-28(5-2)10-11-29-9-8-16-18(23(29)31)13(3)21(26-16)20(24)19-15-7-6-14(25)12-17(15)27-22(19)30/h6-7,12,26H,4-5,8-11,25H2,1-3H3,(H,27,30). The normalized spacial score (nSPS) is 17.1. The highest BCUT2D eigenvalue weighted by Crippen LogP contribution is 2.40. The summed E-state index contributed by atoms with van der Waals surface area (Å²) in [6, 6.07) is 4.88. The lowest BCUT2D eigenvalue weighted by Crippen LogP contribution is -2.42. The number of benzene rings is 1. The molecule has 0 saturated heterocycles. The van der Waals surface area contributed by atoms with Crippen LogP contribution in [0.15, 0.2) is 18.2 Å². The van der Waals surface area contributed by atoms with Crippen molar-refractivity contribution in [2.24, 2.45) is 0 Å². The van der Waals surface area contributed by atoms with E-state index < -0.39 is 11.7 Å². The smallest absolute Gasteiger partial charge is 0.259 e. The van der Waals surface area contributed by atoms with Crippen LogP contribution < -0.4 is 11.1 Å². The second-order valence-electron chi connectivity index (χ2n) is 8.00. The summed E-state index contributed by atoms with van der Waals surface area (Å²) in [6.07, 6.45) is 0.627. The minimum atomic E-state index is -0.657. The SMILES string of the molecule is CCN(CC)CCN1CCc2[nH]c(C(F)=C3C(=O)Nc4cc(N)ccc43)c(C)c2C1=O. The zero-order chi connectivity index (χ0) is 22.3. The van der Waals surface area contributed by atoms with Crippen LogP contribution in [-0.2, 0) is 11.2 Å². The molecular formula is C23H28FN5O2. The van der Waals surface area contributed by atoms with Crippen molar-refractivity contribution in [1.29, 1.82) is 0 Å². The van der Waals surface area contributed by atoms with E-state index in [0.29, 0.717) is 47.6 Å². The van der Waals surface area contributed by atoms with Crippen molar-refractivity contribution in [1.82, 2.24) is 14.8 Å². The van der Waals surface area contributed by atoms with E-state index in [9.17, 15) is 9.59 Å². The molecule has 4 rings (SSSR count). The van der Waals surface area contributed by atoms with Crippen molar-refractivity contribution in [3.63, 3.8) is 0 Å². The Kier molecular flexibility index (Phi) is 5.58. The van der Waals surface area contributed by atoms with Gasteiger partial charge in [-0.15, -0.1) is 0 Å². The third kappa shape index (κ3) is 3.61. The number of nitrogens with zero attached hydrogens (tertiary/aromatic N) is 2. The number of anilines is 2. The average molecular weight is 426 g/mol. The van der Waals surface area contributed by atoms with Gasteiger partial charge in [-0.2, -0.15) is 0 Å². The predicted molar refractivity (Wildman–Crippen MR) is 120 cm³/mol. The Balaban J connectivity index is 1.67. The predicted octanol–water partition coefficient (Wildman–Crippen LogP) is 3.04. The molecule has 0 fully saturated rings. The second kappa shape index (κ2) is 8.19. The third-order valence-corrected chi connectivity index (χ3v) is 6.27. The van der Waals surface area contributed by atoms with E-state index in [-0.39, 0.29) is 17.2 Å². The van der Waals surface area contributed by atoms with E-state index in [4.69, 9.17) is 5.73 Å². The van der Waals surface area contributed by atoms with Crippen LogP contribution in [0.3, 0.4) is 0 Å². The van der Waals surface area contributed by atoms with Gasteiger partial charge in [-0.3, -0.25) is 9.59 Å². The van der Waals surface area contributed by atoms with E-state index in [1.165, 1.54) is 0 Å². The maximum Gasteiger partial charge on any atom is 0.259 e. The van der Waals surface area contributed by atoms with Gasteiger partial charge in [-0.1, -0.05) is 13.8 Å². The molecule has 164 valence electrons. The molecule has 1 aromatic heterocycles. The van der Waals surface area contributed by atoms with Gasteiger partial charge in [0, 0.05) is 43.0 Å². The van der Waals surface area contributed by atoms with E-state index in [0.717, 1.165) is 25.3 Å². The first-order chi connectivity index (χ1) is 14.8. The Morgan fingerprint density at radius 3 is 2.71 bits per heavy atom. The van der Waals surface area contributed by atoms with E-state index in [2.05, 4.69) is 29.0 Å². The molecule has 3 heterocycles. The van der Waals surface area contributed by atoms with Crippen LogP contribution in [-0.4, -0.2) is 59.3 Å². The number of H-pyrrole nitrogens is 1. The van der Waals surface area contributed by atoms with Crippen molar-refractivity contribution in [3.8, 4) is 0 Å². The van der Waals surface area contributed by atoms with Crippen LogP contribution in [0.25, 0.3) is 11.4 Å². The van der Waals surface area contributed by atoms with Gasteiger partial charge in [-0.25, -0.2) is 4.39 Å². The van der Waals surface area contributed by atoms with Crippen molar-refractivity contribution >= 4 is 34.6 Å². The van der Waals surface area contributed by atoms with Gasteiger partial charge in [0.25, 0.3) is 11.8 Å². The highest BCUT2D eigenvalue weighted by molar-refractivity contribution is 6.36. The molecule has 0 atom stereocenters. The van der Waals surface area contributed by atoms with Gasteiger partial charge in [0.15, 0.2) is 5.83 Å². The Morgan fingerprint density at radius 2 is 2.00 bits per heavy atom. The highest BCUT2D eigenvalue weighted by Gasteiger charge is 2.34. The van der Waals surface area contributed by atoms with Gasteiger partial charge in [0.2, 0.25) is 0 Å². The van der Waals surface area contributed by atoms with Gasteiger partial charge >= 0.3 is 0 Å². The Bertz CT molecular complexity index is 1080. The second-order valence-corrected chi connectivity index (χ2v) is 8.00. The summed E-state index contributed by atoms with van der Waals surface area (Å²) in [7, 11) is 0. The number of aromatic nitrogens is 1. The van der Waals surface area contributed by atoms with Gasteiger partial charge in [-0.05, 0) is 43.8 Å². The minimum Gasteiger partial charge on any atom is -0.399 e. The molecule has 4 N–H and O–H groups in total. The fourth-order valence-electron chi connectivity index (χ4n) is 4.41. The van der Waals surface area contributed by atoms with Crippen LogP contribution in [0.4, 0.5) is 15.8 Å². The molecule has 0 spiro atoms. The number of hydrogen-bond acceptors (Lipinski definition) is 4. The summed E-state index contributed by atoms with van der Waals surface area (Å²) in [5.74, 6) is -1.26. The number of nitrogen functional groups attached to an aromatic ring is 1. The molecule has 2 aliphatic rings. The van der Waals surface area contributed by atoms with Gasteiger partial charge in [0.05, 0.1) is 22.5 Å². The lowest BCUT2D eigenvalue weighted by atomic mass is 10.0. The molecule has 0 unspecified atom stereocenters. The van der Waals surface area contributed by atoms with Crippen LogP contribution in [0, 0.1) is 6.92 Å². The summed E-state index contributed by atoms with van der Waals surface area (Å²) < 4.78 is 15.6. The first-order valence-corrected chi connectivity index (χ1v) is 10.7. The van der Waals surface area contributed by atoms with Crippen LogP contribution in [0.5, 0.6) is 0 Å². The lowest BCUT2D eigenvalue weighted by Gasteiger charge is -2.29. The van der Waals surface area contributed by atoms with E-state index >= 15 is 4.39 Å². The zero-order valence-electron chi connectivity index (χ0n) is 18.1. The van der Waals surface area contributed by atoms with Crippen molar-refractivity contribution < 1.29 is 14.0 Å². The topological polar surface area (TPSA) is 94.5 Å². The number of halogens is 1. The Morgan fingerprint density at radius 1 is 1.26 bits per heavy atom. The van der Waals surface area contributed by atoms with Crippen LogP contribution in [0.1, 0.15) is 46.7 Å². The molecule has 0 bridgehead atoms. The number of hydrogen-bond donors (Lipinski definition) is 3. The number of amides is 2. The lowest BCUT2D eigenvalue weighted by molar-refractivity contribution is -0.110. The molecule has 1 aromatic carbocycles. The Hall–Kier alpha value is -3.13. The first-order valence-electron chi connectivity index (χ1n) is 10.7. The molecule has 0 aliphatic carbocycles. The molecule has 2 aromatic rings. The largest absolute Gasteiger partial charge is 0.399 e. The van der Waals surface area contributed by atoms with Crippen molar-refractivity contribution in [3.05, 3.63) is 46.3 Å². The number of carbonyl (C=O) groups excluding carboxylic acids is 2. The van der Waals surface area contributed by atoms with Crippen LogP contribution in [0.2, 0.25) is 0 Å². The van der Waals surface area contributed by atoms with Crippen LogP contribution >= 0.6 is 0 Å². The molecule has 0 saturated carbocycles. The maximum absolute atomic E-state index is 15.6. The summed E-state index contributed by atoms with van der Waals surface area (Å²) in [4.78, 5) is 32.8. The fraction of sp³-hybridized carbons (Fsp3) is 0.391. The monoisotopic (exact) mass is 425 g/mol. The first kappa shape index (κ1) is 21.1. The summed E-state index contributed by atoms with van der Waals surface area (Å²) in [5, 5.41) is 2.66. The molecular weight excluding hydrogens is 397 g/mol. The molecule has 2 amide bonds. The maximum atomic E-state index is 15.6. The molecule has 7 nitrogen and oxygen atoms in total. The molecule has 8 heteroatoms. The average Bonchev–Trinajstić information content (AvgIpc) is 3.25. The molecule has 0 radical (unpaired) electrons. The van der Waals surface area contributed by atoms with Crippen molar-refractivity contribution in [2.75, 3.05) is 43.8 Å². The number of nitrogens with two attached hydrogens (primary N) is 1. The number of aromatic amines is 1. The quantitative estimate of drug-likeness (QED) is 0.490. The highest BCUT2D eigenvalue weighted by atomic mass is 19.1. The molecule has 2 aliphatic heterocycles. The summed E-state index contributed by atoms with van der Waals surface area (Å²) >= 11 is 0. The van der Waals surface area contributed by atoms with Gasteiger partial charge < -0.3 is 25.8 Å². The summed E-state index contributed by atoms with van der Waals surface area (Å²) in [5.41, 5.74) is 9.16. The third-order valence-electron chi connectivity index (χ3n) is 6.27. The number of likely N-dealkylation sites (N-methyl/N-ethyl adjacent to an activating group) is 1. The minimum absolute atomic E-state index is 0.0393. The number of fused-ring (bicyclic) bond motifs is 2. The van der Waals surface area contributed by atoms with Gasteiger partial charge in [0.1, 0.15) is 0 Å². The number of rotatable bonds is 6. The van der Waals surface area contributed by atoms with E-state index in [1.54, 1.807) is 25.1 Å². The summed E-state index contributed by atoms with van der Waals surface area (Å²) in [6.45, 7) is 9.84.